The van der Waals surface area contributed by atoms with E-state index in [0.29, 0.717) is 0 Å². The molecule has 1 aromatic rings. The van der Waals surface area contributed by atoms with Crippen molar-refractivity contribution < 1.29 is 0 Å². The predicted molar refractivity (Wildman–Crippen MR) is 76.8 cm³/mol. The lowest BCUT2D eigenvalue weighted by molar-refractivity contribution is 0.361. The molecule has 1 fully saturated rings. The van der Waals surface area contributed by atoms with Crippen molar-refractivity contribution in [2.45, 2.75) is 38.6 Å². The van der Waals surface area contributed by atoms with Crippen LogP contribution in [-0.4, -0.2) is 25.6 Å². The molecule has 0 aliphatic heterocycles. The number of aromatic nitrogens is 1. The topological polar surface area (TPSA) is 28.2 Å². The summed E-state index contributed by atoms with van der Waals surface area (Å²) in [5.74, 6) is 1.96. The van der Waals surface area contributed by atoms with E-state index in [1.54, 1.807) is 0 Å². The van der Waals surface area contributed by atoms with E-state index in [0.717, 1.165) is 24.8 Å². The second-order valence-electron chi connectivity index (χ2n) is 5.44. The van der Waals surface area contributed by atoms with Gasteiger partial charge in [-0.1, -0.05) is 19.3 Å². The molecule has 1 aliphatic rings. The monoisotopic (exact) mass is 247 g/mol. The number of pyridine rings is 1. The average molecular weight is 247 g/mol. The van der Waals surface area contributed by atoms with Crippen molar-refractivity contribution in [3.63, 3.8) is 0 Å². The van der Waals surface area contributed by atoms with Gasteiger partial charge >= 0.3 is 0 Å². The highest BCUT2D eigenvalue weighted by molar-refractivity contribution is 5.40. The first-order valence-electron chi connectivity index (χ1n) is 7.10. The summed E-state index contributed by atoms with van der Waals surface area (Å²) in [4.78, 5) is 6.80. The Hall–Kier alpha value is -1.09. The summed E-state index contributed by atoms with van der Waals surface area (Å²) in [5.41, 5.74) is 1.30. The molecule has 1 saturated carbocycles. The first-order valence-corrected chi connectivity index (χ1v) is 7.10. The Morgan fingerprint density at radius 1 is 1.33 bits per heavy atom. The van der Waals surface area contributed by atoms with Crippen molar-refractivity contribution in [3.8, 4) is 0 Å². The minimum absolute atomic E-state index is 0.860. The van der Waals surface area contributed by atoms with E-state index in [9.17, 15) is 0 Å². The van der Waals surface area contributed by atoms with Gasteiger partial charge in [-0.2, -0.15) is 0 Å². The van der Waals surface area contributed by atoms with Crippen LogP contribution in [-0.2, 0) is 6.54 Å². The van der Waals surface area contributed by atoms with Crippen molar-refractivity contribution in [2.75, 3.05) is 25.5 Å². The van der Waals surface area contributed by atoms with Gasteiger partial charge in [0, 0.05) is 26.3 Å². The standard InChI is InChI=1S/C15H25N3/c1-16-11-14-8-9-17-15(10-14)18(2)12-13-6-4-3-5-7-13/h8-10,13,16H,3-7,11-12H2,1-2H3. The summed E-state index contributed by atoms with van der Waals surface area (Å²) in [6.07, 6.45) is 8.94. The van der Waals surface area contributed by atoms with Crippen LogP contribution in [0.25, 0.3) is 0 Å². The van der Waals surface area contributed by atoms with Gasteiger partial charge in [-0.3, -0.25) is 0 Å². The molecule has 0 saturated heterocycles. The largest absolute Gasteiger partial charge is 0.359 e. The van der Waals surface area contributed by atoms with Gasteiger partial charge in [-0.15, -0.1) is 0 Å². The number of nitrogens with one attached hydrogen (secondary N) is 1. The maximum Gasteiger partial charge on any atom is 0.128 e. The van der Waals surface area contributed by atoms with Crippen molar-refractivity contribution in [2.24, 2.45) is 5.92 Å². The lowest BCUT2D eigenvalue weighted by Gasteiger charge is -2.27. The van der Waals surface area contributed by atoms with Gasteiger partial charge in [0.05, 0.1) is 0 Å². The Morgan fingerprint density at radius 2 is 2.11 bits per heavy atom. The van der Waals surface area contributed by atoms with Crippen molar-refractivity contribution in [3.05, 3.63) is 23.9 Å². The Labute approximate surface area is 111 Å². The van der Waals surface area contributed by atoms with Crippen molar-refractivity contribution >= 4 is 5.82 Å². The van der Waals surface area contributed by atoms with E-state index in [4.69, 9.17) is 0 Å². The number of hydrogen-bond acceptors (Lipinski definition) is 3. The zero-order chi connectivity index (χ0) is 12.8. The predicted octanol–water partition coefficient (Wildman–Crippen LogP) is 2.82. The fraction of sp³-hybridized carbons (Fsp3) is 0.667. The maximum atomic E-state index is 4.49. The maximum absolute atomic E-state index is 4.49. The molecule has 1 heterocycles. The number of rotatable bonds is 5. The molecular weight excluding hydrogens is 222 g/mol. The molecule has 1 aliphatic carbocycles. The zero-order valence-electron chi connectivity index (χ0n) is 11.7. The number of anilines is 1. The first kappa shape index (κ1) is 13.3. The highest BCUT2D eigenvalue weighted by Crippen LogP contribution is 2.25. The molecule has 100 valence electrons. The molecule has 0 atom stereocenters. The quantitative estimate of drug-likeness (QED) is 0.867. The van der Waals surface area contributed by atoms with Gasteiger partial charge in [0.15, 0.2) is 0 Å². The third kappa shape index (κ3) is 3.70. The van der Waals surface area contributed by atoms with Crippen LogP contribution in [0.15, 0.2) is 18.3 Å². The molecule has 1 N–H and O–H groups in total. The lowest BCUT2D eigenvalue weighted by atomic mass is 9.89. The lowest BCUT2D eigenvalue weighted by Crippen LogP contribution is -2.27. The highest BCUT2D eigenvalue weighted by Gasteiger charge is 2.16. The van der Waals surface area contributed by atoms with E-state index in [2.05, 4.69) is 34.4 Å². The second-order valence-corrected chi connectivity index (χ2v) is 5.44. The smallest absolute Gasteiger partial charge is 0.128 e. The summed E-state index contributed by atoms with van der Waals surface area (Å²) in [5, 5.41) is 3.19. The minimum atomic E-state index is 0.860. The van der Waals surface area contributed by atoms with E-state index in [-0.39, 0.29) is 0 Å². The molecule has 0 bridgehead atoms. The van der Waals surface area contributed by atoms with Crippen LogP contribution in [0.3, 0.4) is 0 Å². The van der Waals surface area contributed by atoms with E-state index in [1.165, 1.54) is 37.7 Å². The van der Waals surface area contributed by atoms with E-state index in [1.807, 2.05) is 13.2 Å². The van der Waals surface area contributed by atoms with E-state index < -0.39 is 0 Å². The summed E-state index contributed by atoms with van der Waals surface area (Å²) in [7, 11) is 4.14. The summed E-state index contributed by atoms with van der Waals surface area (Å²) >= 11 is 0. The SMILES string of the molecule is CNCc1ccnc(N(C)CC2CCCCC2)c1. The molecule has 0 spiro atoms. The minimum Gasteiger partial charge on any atom is -0.359 e. The van der Waals surface area contributed by atoms with Gasteiger partial charge in [0.1, 0.15) is 5.82 Å². The Morgan fingerprint density at radius 3 is 2.83 bits per heavy atom. The molecule has 18 heavy (non-hydrogen) atoms. The van der Waals surface area contributed by atoms with Crippen LogP contribution >= 0.6 is 0 Å². The third-order valence-corrected chi connectivity index (χ3v) is 3.84. The van der Waals surface area contributed by atoms with Crippen LogP contribution in [0.4, 0.5) is 5.82 Å². The van der Waals surface area contributed by atoms with Crippen LogP contribution in [0.5, 0.6) is 0 Å². The molecule has 3 heteroatoms. The third-order valence-electron chi connectivity index (χ3n) is 3.84. The Bertz CT molecular complexity index is 359. The first-order chi connectivity index (χ1) is 8.79. The van der Waals surface area contributed by atoms with Crippen LogP contribution in [0.2, 0.25) is 0 Å². The number of hydrogen-bond donors (Lipinski definition) is 1. The molecule has 1 aromatic heterocycles. The van der Waals surface area contributed by atoms with Gasteiger partial charge in [0.25, 0.3) is 0 Å². The Kier molecular flexibility index (Phi) is 5.00. The Balaban J connectivity index is 1.94. The normalized spacial score (nSPS) is 16.8. The van der Waals surface area contributed by atoms with Crippen LogP contribution < -0.4 is 10.2 Å². The van der Waals surface area contributed by atoms with Gasteiger partial charge < -0.3 is 10.2 Å². The molecule has 0 amide bonds. The number of nitrogens with zero attached hydrogens (tertiary/aromatic N) is 2. The molecule has 0 radical (unpaired) electrons. The van der Waals surface area contributed by atoms with Crippen molar-refractivity contribution in [1.82, 2.24) is 10.3 Å². The van der Waals surface area contributed by atoms with Crippen LogP contribution in [0, 0.1) is 5.92 Å². The molecule has 2 rings (SSSR count). The molecule has 0 aromatic carbocycles. The average Bonchev–Trinajstić information content (AvgIpc) is 2.40. The fourth-order valence-corrected chi connectivity index (χ4v) is 2.83. The van der Waals surface area contributed by atoms with Crippen LogP contribution in [0.1, 0.15) is 37.7 Å². The highest BCUT2D eigenvalue weighted by atomic mass is 15.2. The second kappa shape index (κ2) is 6.74. The van der Waals surface area contributed by atoms with Gasteiger partial charge in [-0.25, -0.2) is 4.98 Å². The molecule has 3 nitrogen and oxygen atoms in total. The van der Waals surface area contributed by atoms with Crippen molar-refractivity contribution in [1.29, 1.82) is 0 Å². The molecular formula is C15H25N3. The summed E-state index contributed by atoms with van der Waals surface area (Å²) < 4.78 is 0. The summed E-state index contributed by atoms with van der Waals surface area (Å²) in [6, 6.07) is 4.27. The molecule has 0 unspecified atom stereocenters. The van der Waals surface area contributed by atoms with E-state index >= 15 is 0 Å². The van der Waals surface area contributed by atoms with Gasteiger partial charge in [0.2, 0.25) is 0 Å². The summed E-state index contributed by atoms with van der Waals surface area (Å²) in [6.45, 7) is 2.06. The fourth-order valence-electron chi connectivity index (χ4n) is 2.83. The zero-order valence-corrected chi connectivity index (χ0v) is 11.7. The van der Waals surface area contributed by atoms with Gasteiger partial charge in [-0.05, 0) is 43.5 Å².